The third-order valence-electron chi connectivity index (χ3n) is 3.06. The average molecular weight is 258 g/mol. The summed E-state index contributed by atoms with van der Waals surface area (Å²) in [5.74, 6) is -0.0634. The van der Waals surface area contributed by atoms with Gasteiger partial charge in [0.25, 0.3) is 0 Å². The van der Waals surface area contributed by atoms with Crippen LogP contribution in [0.25, 0.3) is 0 Å². The molecule has 1 atom stereocenters. The van der Waals surface area contributed by atoms with Crippen molar-refractivity contribution in [2.75, 3.05) is 11.9 Å². The van der Waals surface area contributed by atoms with E-state index >= 15 is 0 Å². The van der Waals surface area contributed by atoms with E-state index in [2.05, 4.69) is 0 Å². The molecule has 1 unspecified atom stereocenters. The van der Waals surface area contributed by atoms with E-state index in [0.717, 1.165) is 11.3 Å². The maximum absolute atomic E-state index is 12.2. The zero-order valence-electron chi connectivity index (χ0n) is 9.79. The first-order chi connectivity index (χ1) is 8.28. The molecule has 2 N–H and O–H groups in total. The molecule has 1 aliphatic heterocycles. The van der Waals surface area contributed by atoms with Gasteiger partial charge in [-0.05, 0) is 17.2 Å². The van der Waals surface area contributed by atoms with Crippen molar-refractivity contribution in [1.82, 2.24) is 0 Å². The molecule has 1 aromatic rings. The van der Waals surface area contributed by atoms with E-state index in [9.17, 15) is 18.0 Å². The molecule has 6 heteroatoms. The Bertz CT molecular complexity index is 485. The summed E-state index contributed by atoms with van der Waals surface area (Å²) in [5.41, 5.74) is 7.41. The number of fused-ring (bicyclic) bond motifs is 1. The Hall–Kier alpha value is -1.56. The highest BCUT2D eigenvalue weighted by Gasteiger charge is 2.32. The largest absolute Gasteiger partial charge is 0.390 e. The predicted octanol–water partition coefficient (Wildman–Crippen LogP) is 2.16. The zero-order valence-corrected chi connectivity index (χ0v) is 9.79. The number of carbonyl (C=O) groups excluding carboxylic acids is 1. The third kappa shape index (κ3) is 2.48. The lowest BCUT2D eigenvalue weighted by Crippen LogP contribution is -2.21. The van der Waals surface area contributed by atoms with Crippen LogP contribution >= 0.6 is 0 Å². The highest BCUT2D eigenvalue weighted by Crippen LogP contribution is 2.33. The van der Waals surface area contributed by atoms with E-state index in [4.69, 9.17) is 5.73 Å². The van der Waals surface area contributed by atoms with Crippen molar-refractivity contribution in [3.05, 3.63) is 29.3 Å². The minimum absolute atomic E-state index is 0.0634. The van der Waals surface area contributed by atoms with Gasteiger partial charge >= 0.3 is 6.18 Å². The number of benzene rings is 1. The quantitative estimate of drug-likeness (QED) is 0.883. The van der Waals surface area contributed by atoms with Gasteiger partial charge in [-0.1, -0.05) is 12.1 Å². The molecule has 1 aromatic carbocycles. The van der Waals surface area contributed by atoms with E-state index in [1.807, 2.05) is 0 Å². The lowest BCUT2D eigenvalue weighted by molar-refractivity contribution is -0.138. The second-order valence-corrected chi connectivity index (χ2v) is 4.44. The van der Waals surface area contributed by atoms with Gasteiger partial charge < -0.3 is 10.6 Å². The molecule has 3 nitrogen and oxygen atoms in total. The molecule has 1 amide bonds. The number of nitrogens with two attached hydrogens (primary N) is 1. The number of hydrogen-bond donors (Lipinski definition) is 1. The average Bonchev–Trinajstić information content (AvgIpc) is 2.52. The lowest BCUT2D eigenvalue weighted by atomic mass is 10.0. The summed E-state index contributed by atoms with van der Waals surface area (Å²) in [6.45, 7) is 0. The van der Waals surface area contributed by atoms with Crippen LogP contribution < -0.4 is 10.6 Å². The summed E-state index contributed by atoms with van der Waals surface area (Å²) in [4.78, 5) is 13.0. The molecule has 0 bridgehead atoms. The molecule has 0 aliphatic carbocycles. The summed E-state index contributed by atoms with van der Waals surface area (Å²) in [5, 5.41) is 0. The molecule has 98 valence electrons. The van der Waals surface area contributed by atoms with Crippen molar-refractivity contribution >= 4 is 11.6 Å². The number of alkyl halides is 3. The monoisotopic (exact) mass is 258 g/mol. The Kier molecular flexibility index (Phi) is 3.06. The summed E-state index contributed by atoms with van der Waals surface area (Å²) < 4.78 is 36.7. The van der Waals surface area contributed by atoms with Crippen molar-refractivity contribution in [2.24, 2.45) is 5.73 Å². The number of amides is 1. The van der Waals surface area contributed by atoms with Crippen LogP contribution in [0.5, 0.6) is 0 Å². The number of halogens is 3. The number of hydrogen-bond acceptors (Lipinski definition) is 2. The number of anilines is 1. The SMILES string of the molecule is CN1C(=O)Cc2cc(C(N)CC(F)(F)F)ccc21. The van der Waals surface area contributed by atoms with Gasteiger partial charge in [0, 0.05) is 18.8 Å². The van der Waals surface area contributed by atoms with Gasteiger partial charge in [-0.15, -0.1) is 0 Å². The maximum atomic E-state index is 12.2. The van der Waals surface area contributed by atoms with Crippen molar-refractivity contribution in [2.45, 2.75) is 25.1 Å². The van der Waals surface area contributed by atoms with Crippen LogP contribution in [0, 0.1) is 0 Å². The first-order valence-corrected chi connectivity index (χ1v) is 5.49. The second kappa shape index (κ2) is 4.28. The van der Waals surface area contributed by atoms with E-state index in [1.54, 1.807) is 25.2 Å². The fourth-order valence-electron chi connectivity index (χ4n) is 2.09. The van der Waals surface area contributed by atoms with E-state index in [-0.39, 0.29) is 12.3 Å². The first-order valence-electron chi connectivity index (χ1n) is 5.49. The molecule has 0 saturated heterocycles. The van der Waals surface area contributed by atoms with Crippen LogP contribution in [-0.2, 0) is 11.2 Å². The van der Waals surface area contributed by atoms with Gasteiger partial charge in [-0.2, -0.15) is 13.2 Å². The number of rotatable bonds is 2. The van der Waals surface area contributed by atoms with Crippen LogP contribution in [0.3, 0.4) is 0 Å². The first kappa shape index (κ1) is 12.9. The Labute approximate surface area is 102 Å². The van der Waals surface area contributed by atoms with E-state index < -0.39 is 18.6 Å². The minimum Gasteiger partial charge on any atom is -0.324 e. The molecule has 0 spiro atoms. The van der Waals surface area contributed by atoms with E-state index in [0.29, 0.717) is 5.56 Å². The molecular formula is C12H13F3N2O. The van der Waals surface area contributed by atoms with Gasteiger partial charge in [0.15, 0.2) is 0 Å². The van der Waals surface area contributed by atoms with Crippen molar-refractivity contribution in [1.29, 1.82) is 0 Å². The fourth-order valence-corrected chi connectivity index (χ4v) is 2.09. The van der Waals surface area contributed by atoms with E-state index in [1.165, 1.54) is 4.90 Å². The molecule has 0 saturated carbocycles. The molecule has 1 heterocycles. The predicted molar refractivity (Wildman–Crippen MR) is 61.2 cm³/mol. The number of carbonyl (C=O) groups is 1. The van der Waals surface area contributed by atoms with Crippen molar-refractivity contribution < 1.29 is 18.0 Å². The molecule has 2 rings (SSSR count). The molecule has 0 fully saturated rings. The maximum Gasteiger partial charge on any atom is 0.390 e. The summed E-state index contributed by atoms with van der Waals surface area (Å²) in [7, 11) is 1.64. The van der Waals surface area contributed by atoms with Gasteiger partial charge in [-0.3, -0.25) is 4.79 Å². The van der Waals surface area contributed by atoms with Crippen LogP contribution in [0.4, 0.5) is 18.9 Å². The van der Waals surface area contributed by atoms with Crippen LogP contribution in [0.2, 0.25) is 0 Å². The molecule has 1 aliphatic rings. The lowest BCUT2D eigenvalue weighted by Gasteiger charge is -2.16. The second-order valence-electron chi connectivity index (χ2n) is 4.44. The number of nitrogens with zero attached hydrogens (tertiary/aromatic N) is 1. The zero-order chi connectivity index (χ0) is 13.5. The topological polar surface area (TPSA) is 46.3 Å². The molecule has 0 aromatic heterocycles. The minimum atomic E-state index is -4.29. The summed E-state index contributed by atoms with van der Waals surface area (Å²) in [6.07, 6.45) is -5.13. The highest BCUT2D eigenvalue weighted by molar-refractivity contribution is 6.00. The Morgan fingerprint density at radius 3 is 2.72 bits per heavy atom. The van der Waals surface area contributed by atoms with Gasteiger partial charge in [-0.25, -0.2) is 0 Å². The highest BCUT2D eigenvalue weighted by atomic mass is 19.4. The normalized spacial score (nSPS) is 16.9. The van der Waals surface area contributed by atoms with Crippen LogP contribution in [-0.4, -0.2) is 19.1 Å². The standard InChI is InChI=1S/C12H13F3N2O/c1-17-10-3-2-7(4-8(10)5-11(17)18)9(16)6-12(13,14)15/h2-4,9H,5-6,16H2,1H3. The Morgan fingerprint density at radius 1 is 1.44 bits per heavy atom. The Balaban J connectivity index is 2.23. The molecular weight excluding hydrogens is 245 g/mol. The van der Waals surface area contributed by atoms with Crippen LogP contribution in [0.15, 0.2) is 18.2 Å². The van der Waals surface area contributed by atoms with Crippen molar-refractivity contribution in [3.63, 3.8) is 0 Å². The molecule has 0 radical (unpaired) electrons. The van der Waals surface area contributed by atoms with Gasteiger partial charge in [0.1, 0.15) is 0 Å². The van der Waals surface area contributed by atoms with Gasteiger partial charge in [0.2, 0.25) is 5.91 Å². The van der Waals surface area contributed by atoms with Gasteiger partial charge in [0.05, 0.1) is 12.8 Å². The fraction of sp³-hybridized carbons (Fsp3) is 0.417. The van der Waals surface area contributed by atoms with Crippen molar-refractivity contribution in [3.8, 4) is 0 Å². The number of likely N-dealkylation sites (N-methyl/N-ethyl adjacent to an activating group) is 1. The third-order valence-corrected chi connectivity index (χ3v) is 3.06. The van der Waals surface area contributed by atoms with Crippen LogP contribution in [0.1, 0.15) is 23.6 Å². The summed E-state index contributed by atoms with van der Waals surface area (Å²) in [6, 6.07) is 3.69. The molecule has 18 heavy (non-hydrogen) atoms. The summed E-state index contributed by atoms with van der Waals surface area (Å²) >= 11 is 0. The Morgan fingerprint density at radius 2 is 2.11 bits per heavy atom. The smallest absolute Gasteiger partial charge is 0.324 e.